The third-order valence-electron chi connectivity index (χ3n) is 5.32. The van der Waals surface area contributed by atoms with Crippen molar-refractivity contribution in [3.8, 4) is 11.3 Å². The Labute approximate surface area is 138 Å². The van der Waals surface area contributed by atoms with E-state index in [9.17, 15) is 0 Å². The van der Waals surface area contributed by atoms with Gasteiger partial charge >= 0.3 is 0 Å². The molecule has 3 heterocycles. The Morgan fingerprint density at radius 2 is 1.78 bits per heavy atom. The number of nitrogens with zero attached hydrogens (tertiary/aromatic N) is 4. The summed E-state index contributed by atoms with van der Waals surface area (Å²) in [5.41, 5.74) is 4.83. The zero-order chi connectivity index (χ0) is 15.5. The predicted molar refractivity (Wildman–Crippen MR) is 91.1 cm³/mol. The second kappa shape index (κ2) is 6.75. The molecule has 0 spiro atoms. The normalized spacial score (nSPS) is 19.5. The van der Waals surface area contributed by atoms with E-state index in [1.165, 1.54) is 43.5 Å². The highest BCUT2D eigenvalue weighted by molar-refractivity contribution is 5.63. The lowest BCUT2D eigenvalue weighted by atomic mass is 10.0. The van der Waals surface area contributed by atoms with E-state index in [1.807, 2.05) is 24.5 Å². The van der Waals surface area contributed by atoms with Crippen LogP contribution in [0, 0.1) is 5.92 Å². The van der Waals surface area contributed by atoms with Crippen molar-refractivity contribution in [2.45, 2.75) is 38.5 Å². The summed E-state index contributed by atoms with van der Waals surface area (Å²) in [7, 11) is 0. The van der Waals surface area contributed by atoms with Crippen molar-refractivity contribution in [1.29, 1.82) is 0 Å². The maximum absolute atomic E-state index is 4.58. The van der Waals surface area contributed by atoms with Crippen LogP contribution in [0.4, 0.5) is 0 Å². The van der Waals surface area contributed by atoms with Gasteiger partial charge in [-0.25, -0.2) is 9.97 Å². The van der Waals surface area contributed by atoms with E-state index >= 15 is 0 Å². The van der Waals surface area contributed by atoms with Crippen LogP contribution < -0.4 is 0 Å². The minimum absolute atomic E-state index is 0.918. The quantitative estimate of drug-likeness (QED) is 0.873. The van der Waals surface area contributed by atoms with Crippen LogP contribution in [0.25, 0.3) is 11.3 Å². The first-order valence-electron chi connectivity index (χ1n) is 8.85. The molecular formula is C19H24N4. The van der Waals surface area contributed by atoms with Crippen LogP contribution in [0.15, 0.2) is 30.9 Å². The third-order valence-corrected chi connectivity index (χ3v) is 5.32. The first-order valence-corrected chi connectivity index (χ1v) is 8.85. The van der Waals surface area contributed by atoms with Crippen LogP contribution in [0.1, 0.15) is 36.9 Å². The number of hydrogen-bond donors (Lipinski definition) is 0. The third kappa shape index (κ3) is 3.27. The molecule has 0 N–H and O–H groups in total. The summed E-state index contributed by atoms with van der Waals surface area (Å²) in [4.78, 5) is 15.9. The number of aromatic nitrogens is 3. The zero-order valence-corrected chi connectivity index (χ0v) is 13.6. The molecule has 0 atom stereocenters. The van der Waals surface area contributed by atoms with Crippen molar-refractivity contribution in [1.82, 2.24) is 19.9 Å². The molecule has 2 aliphatic rings. The van der Waals surface area contributed by atoms with Crippen LogP contribution in [0.3, 0.4) is 0 Å². The molecule has 23 heavy (non-hydrogen) atoms. The van der Waals surface area contributed by atoms with E-state index in [4.69, 9.17) is 0 Å². The topological polar surface area (TPSA) is 41.9 Å². The summed E-state index contributed by atoms with van der Waals surface area (Å²) in [6.07, 6.45) is 13.2. The van der Waals surface area contributed by atoms with E-state index in [1.54, 1.807) is 6.33 Å². The van der Waals surface area contributed by atoms with E-state index in [-0.39, 0.29) is 0 Å². The van der Waals surface area contributed by atoms with Gasteiger partial charge in [-0.05, 0) is 37.3 Å². The van der Waals surface area contributed by atoms with Gasteiger partial charge in [-0.3, -0.25) is 4.98 Å². The van der Waals surface area contributed by atoms with Crippen LogP contribution in [-0.2, 0) is 12.8 Å². The second-order valence-corrected chi connectivity index (χ2v) is 6.83. The summed E-state index contributed by atoms with van der Waals surface area (Å²) in [5, 5.41) is 0. The SMILES string of the molecule is c1cc(-c2ncnc3c2CCN(CC2CCCC2)CC3)ccn1. The van der Waals surface area contributed by atoms with E-state index in [2.05, 4.69) is 19.9 Å². The number of fused-ring (bicyclic) bond motifs is 1. The van der Waals surface area contributed by atoms with Crippen LogP contribution in [0.5, 0.6) is 0 Å². The maximum Gasteiger partial charge on any atom is 0.116 e. The minimum Gasteiger partial charge on any atom is -0.302 e. The lowest BCUT2D eigenvalue weighted by Crippen LogP contribution is -2.31. The van der Waals surface area contributed by atoms with Crippen LogP contribution in [0.2, 0.25) is 0 Å². The molecule has 0 aromatic carbocycles. The van der Waals surface area contributed by atoms with Crippen LogP contribution >= 0.6 is 0 Å². The molecule has 1 aliphatic heterocycles. The molecule has 120 valence electrons. The fraction of sp³-hybridized carbons (Fsp3) is 0.526. The summed E-state index contributed by atoms with van der Waals surface area (Å²) < 4.78 is 0. The Hall–Kier alpha value is -1.81. The standard InChI is InChI=1S/C19H24N4/c1-2-4-15(3-1)13-23-11-7-17-18(8-12-23)21-14-22-19(17)16-5-9-20-10-6-16/h5-6,9-10,14-15H,1-4,7-8,11-13H2. The molecule has 1 aliphatic carbocycles. The predicted octanol–water partition coefficient (Wildman–Crippen LogP) is 3.13. The van der Waals surface area contributed by atoms with Crippen molar-refractivity contribution in [3.63, 3.8) is 0 Å². The van der Waals surface area contributed by atoms with Crippen molar-refractivity contribution in [3.05, 3.63) is 42.1 Å². The molecule has 2 aromatic heterocycles. The van der Waals surface area contributed by atoms with E-state index in [0.717, 1.165) is 43.1 Å². The molecule has 4 nitrogen and oxygen atoms in total. The zero-order valence-electron chi connectivity index (χ0n) is 13.6. The summed E-state index contributed by atoms with van der Waals surface area (Å²) >= 11 is 0. The highest BCUT2D eigenvalue weighted by atomic mass is 15.1. The lowest BCUT2D eigenvalue weighted by molar-refractivity contribution is 0.241. The van der Waals surface area contributed by atoms with Gasteiger partial charge in [-0.15, -0.1) is 0 Å². The van der Waals surface area contributed by atoms with Gasteiger partial charge in [0.1, 0.15) is 6.33 Å². The van der Waals surface area contributed by atoms with E-state index < -0.39 is 0 Å². The fourth-order valence-electron chi connectivity index (χ4n) is 4.07. The Bertz CT molecular complexity index is 650. The summed E-state index contributed by atoms with van der Waals surface area (Å²) in [6.45, 7) is 3.54. The average Bonchev–Trinajstić information content (AvgIpc) is 3.02. The lowest BCUT2D eigenvalue weighted by Gasteiger charge is -2.23. The average molecular weight is 308 g/mol. The molecule has 2 aromatic rings. The van der Waals surface area contributed by atoms with Crippen molar-refractivity contribution < 1.29 is 0 Å². The molecule has 4 heteroatoms. The molecule has 0 amide bonds. The molecule has 0 saturated heterocycles. The smallest absolute Gasteiger partial charge is 0.116 e. The molecule has 1 saturated carbocycles. The first kappa shape index (κ1) is 14.8. The second-order valence-electron chi connectivity index (χ2n) is 6.83. The molecule has 4 rings (SSSR count). The number of hydrogen-bond acceptors (Lipinski definition) is 4. The highest BCUT2D eigenvalue weighted by Crippen LogP contribution is 2.28. The van der Waals surface area contributed by atoms with Gasteiger partial charge in [-0.1, -0.05) is 12.8 Å². The molecule has 0 radical (unpaired) electrons. The van der Waals surface area contributed by atoms with Gasteiger partial charge in [0.05, 0.1) is 5.69 Å². The van der Waals surface area contributed by atoms with Crippen molar-refractivity contribution >= 4 is 0 Å². The van der Waals surface area contributed by atoms with Gasteiger partial charge in [-0.2, -0.15) is 0 Å². The van der Waals surface area contributed by atoms with Gasteiger partial charge in [0.25, 0.3) is 0 Å². The van der Waals surface area contributed by atoms with Crippen molar-refractivity contribution in [2.75, 3.05) is 19.6 Å². The summed E-state index contributed by atoms with van der Waals surface area (Å²) in [6, 6.07) is 4.09. The largest absolute Gasteiger partial charge is 0.302 e. The van der Waals surface area contributed by atoms with Crippen molar-refractivity contribution in [2.24, 2.45) is 5.92 Å². The van der Waals surface area contributed by atoms with Gasteiger partial charge in [0.15, 0.2) is 0 Å². The van der Waals surface area contributed by atoms with E-state index in [0.29, 0.717) is 0 Å². The maximum atomic E-state index is 4.58. The monoisotopic (exact) mass is 308 g/mol. The van der Waals surface area contributed by atoms with Gasteiger partial charge in [0.2, 0.25) is 0 Å². The number of rotatable bonds is 3. The Morgan fingerprint density at radius 1 is 1.00 bits per heavy atom. The Morgan fingerprint density at radius 3 is 2.61 bits per heavy atom. The fourth-order valence-corrected chi connectivity index (χ4v) is 4.07. The molecule has 0 unspecified atom stereocenters. The van der Waals surface area contributed by atoms with Gasteiger partial charge in [0, 0.05) is 55.3 Å². The number of pyridine rings is 1. The first-order chi connectivity index (χ1) is 11.4. The Kier molecular flexibility index (Phi) is 4.33. The highest BCUT2D eigenvalue weighted by Gasteiger charge is 2.22. The Balaban J connectivity index is 1.54. The molecule has 1 fully saturated rings. The molecular weight excluding hydrogens is 284 g/mol. The van der Waals surface area contributed by atoms with Gasteiger partial charge < -0.3 is 4.90 Å². The summed E-state index contributed by atoms with van der Waals surface area (Å²) in [5.74, 6) is 0.918. The minimum atomic E-state index is 0.918. The molecule has 0 bridgehead atoms. The van der Waals surface area contributed by atoms with Crippen LogP contribution in [-0.4, -0.2) is 39.5 Å².